The second-order valence-electron chi connectivity index (χ2n) is 18.0. The maximum absolute atomic E-state index is 15.0. The van der Waals surface area contributed by atoms with Gasteiger partial charge in [-0.1, -0.05) is 69.2 Å². The van der Waals surface area contributed by atoms with Crippen molar-refractivity contribution in [1.82, 2.24) is 19.6 Å². The molecule has 2 amide bonds. The van der Waals surface area contributed by atoms with Gasteiger partial charge in [0, 0.05) is 41.2 Å². The van der Waals surface area contributed by atoms with Crippen LogP contribution in [0, 0.1) is 24.2 Å². The Kier molecular flexibility index (Phi) is 11.7. The van der Waals surface area contributed by atoms with Gasteiger partial charge in [0.25, 0.3) is 0 Å². The number of hydrogen-bond donors (Lipinski definition) is 1. The average Bonchev–Trinajstić information content (AvgIpc) is 4.00. The van der Waals surface area contributed by atoms with E-state index in [9.17, 15) is 22.8 Å². The van der Waals surface area contributed by atoms with E-state index in [0.717, 1.165) is 52.9 Å². The highest BCUT2D eigenvalue weighted by atomic mass is 32.2. The maximum Gasteiger partial charge on any atom is 0.240 e. The second-order valence-corrected chi connectivity index (χ2v) is 21.0. The van der Waals surface area contributed by atoms with Crippen LogP contribution in [0.5, 0.6) is 11.5 Å². The summed E-state index contributed by atoms with van der Waals surface area (Å²) in [6.07, 6.45) is 9.65. The molecule has 4 heterocycles. The Balaban J connectivity index is 1.15. The number of carbonyl (C=O) groups is 3. The number of allylic oxidation sites excluding steroid dienone is 2. The Hall–Kier alpha value is -4.62. The van der Waals surface area contributed by atoms with Crippen LogP contribution in [0.3, 0.4) is 0 Å². The minimum atomic E-state index is -3.93. The summed E-state index contributed by atoms with van der Waals surface area (Å²) in [5.41, 5.74) is 3.04. The highest BCUT2D eigenvalue weighted by Gasteiger charge is 2.62. The van der Waals surface area contributed by atoms with Crippen molar-refractivity contribution in [2.75, 3.05) is 13.7 Å². The SMILES string of the molecule is COc1ccc2c(O[C@@H]3C[C@H]4C(=O)C[C@]5(C(=O)NS(=O)(=O)C6(C)CC6)C[C@@H]5/C=C\CCCCC[C@H](Cc5ccccc5)C(=O)N4C3)cc(-c3nc(C(C)C)cs3)nc2c1C. The third-order valence-electron chi connectivity index (χ3n) is 13.3. The van der Waals surface area contributed by atoms with Crippen LogP contribution in [0.25, 0.3) is 21.6 Å². The first-order chi connectivity index (χ1) is 28.7. The number of thiazole rings is 1. The molecule has 2 aromatic carbocycles. The lowest BCUT2D eigenvalue weighted by Gasteiger charge is -2.29. The first kappa shape index (κ1) is 42.1. The Labute approximate surface area is 357 Å². The first-order valence-electron chi connectivity index (χ1n) is 21.4. The van der Waals surface area contributed by atoms with Gasteiger partial charge >= 0.3 is 0 Å². The monoisotopic (exact) mass is 852 g/mol. The Morgan fingerprint density at radius 3 is 2.55 bits per heavy atom. The van der Waals surface area contributed by atoms with Gasteiger partial charge in [-0.25, -0.2) is 18.4 Å². The van der Waals surface area contributed by atoms with Crippen molar-refractivity contribution in [1.29, 1.82) is 0 Å². The number of rotatable bonds is 10. The van der Waals surface area contributed by atoms with Crippen molar-refractivity contribution in [2.24, 2.45) is 17.3 Å². The zero-order valence-corrected chi connectivity index (χ0v) is 36.9. The molecule has 4 aromatic rings. The number of aryl methyl sites for hydroxylation is 1. The molecule has 0 unspecified atom stereocenters. The van der Waals surface area contributed by atoms with Crippen LogP contribution in [-0.4, -0.2) is 71.4 Å². The van der Waals surface area contributed by atoms with Gasteiger partial charge in [-0.15, -0.1) is 11.3 Å². The summed E-state index contributed by atoms with van der Waals surface area (Å²) in [7, 11) is -2.30. The van der Waals surface area contributed by atoms with Crippen LogP contribution in [0.1, 0.15) is 108 Å². The van der Waals surface area contributed by atoms with Crippen LogP contribution < -0.4 is 14.2 Å². The van der Waals surface area contributed by atoms with Crippen LogP contribution in [0.4, 0.5) is 0 Å². The van der Waals surface area contributed by atoms with Crippen molar-refractivity contribution in [2.45, 2.75) is 121 Å². The van der Waals surface area contributed by atoms with Crippen LogP contribution in [-0.2, 0) is 30.8 Å². The number of carbonyl (C=O) groups excluding carboxylic acids is 3. The number of aromatic nitrogens is 2. The lowest BCUT2D eigenvalue weighted by Crippen LogP contribution is -2.47. The number of sulfonamides is 1. The van der Waals surface area contributed by atoms with Crippen molar-refractivity contribution in [3.63, 3.8) is 0 Å². The van der Waals surface area contributed by atoms with Crippen LogP contribution >= 0.6 is 11.3 Å². The minimum absolute atomic E-state index is 0.101. The molecule has 11 nitrogen and oxygen atoms in total. The third kappa shape index (κ3) is 8.36. The summed E-state index contributed by atoms with van der Waals surface area (Å²) < 4.78 is 40.6. The molecule has 2 aliphatic carbocycles. The second kappa shape index (κ2) is 16.7. The van der Waals surface area contributed by atoms with Crippen molar-refractivity contribution in [3.05, 3.63) is 82.9 Å². The number of fused-ring (bicyclic) bond motifs is 3. The number of methoxy groups -OCH3 is 1. The first-order valence-corrected chi connectivity index (χ1v) is 23.8. The van der Waals surface area contributed by atoms with E-state index in [-0.39, 0.29) is 48.8 Å². The molecule has 1 saturated heterocycles. The van der Waals surface area contributed by atoms with Crippen LogP contribution in [0.15, 0.2) is 66.1 Å². The molecule has 8 rings (SSSR count). The van der Waals surface area contributed by atoms with Crippen LogP contribution in [0.2, 0.25) is 0 Å². The molecule has 13 heteroatoms. The van der Waals surface area contributed by atoms with E-state index >= 15 is 0 Å². The molecule has 318 valence electrons. The largest absolute Gasteiger partial charge is 0.496 e. The maximum atomic E-state index is 15.0. The molecular weight excluding hydrogens is 797 g/mol. The number of nitrogens with one attached hydrogen (secondary N) is 1. The molecule has 1 N–H and O–H groups in total. The van der Waals surface area contributed by atoms with Gasteiger partial charge in [0.15, 0.2) is 5.78 Å². The number of nitrogens with zero attached hydrogens (tertiary/aromatic N) is 3. The van der Waals surface area contributed by atoms with E-state index in [1.165, 1.54) is 11.3 Å². The fourth-order valence-electron chi connectivity index (χ4n) is 8.97. The lowest BCUT2D eigenvalue weighted by molar-refractivity contribution is -0.142. The van der Waals surface area contributed by atoms with Gasteiger partial charge in [0.05, 0.1) is 41.1 Å². The summed E-state index contributed by atoms with van der Waals surface area (Å²) in [5.74, 6) is -0.114. The molecule has 0 radical (unpaired) electrons. The number of hydrogen-bond acceptors (Lipinski definition) is 10. The Morgan fingerprint density at radius 1 is 1.05 bits per heavy atom. The van der Waals surface area contributed by atoms with E-state index < -0.39 is 38.2 Å². The molecule has 2 saturated carbocycles. The number of Topliss-reactive ketones (excluding diaryl/α,β-unsaturated/α-hetero) is 1. The topological polar surface area (TPSA) is 145 Å². The minimum Gasteiger partial charge on any atom is -0.496 e. The van der Waals surface area contributed by atoms with Gasteiger partial charge in [-0.3, -0.25) is 19.1 Å². The molecule has 2 aromatic heterocycles. The normalized spacial score (nSPS) is 26.1. The van der Waals surface area contributed by atoms with Gasteiger partial charge in [0.1, 0.15) is 28.3 Å². The predicted octanol–water partition coefficient (Wildman–Crippen LogP) is 8.49. The van der Waals surface area contributed by atoms with Gasteiger partial charge in [0.2, 0.25) is 21.8 Å². The molecule has 5 atom stereocenters. The van der Waals surface area contributed by atoms with E-state index in [2.05, 4.69) is 24.6 Å². The Bertz CT molecular complexity index is 2430. The third-order valence-corrected chi connectivity index (χ3v) is 16.3. The quantitative estimate of drug-likeness (QED) is 0.155. The van der Waals surface area contributed by atoms with Gasteiger partial charge in [-0.2, -0.15) is 0 Å². The molecule has 60 heavy (non-hydrogen) atoms. The highest BCUT2D eigenvalue weighted by Crippen LogP contribution is 2.58. The molecule has 0 bridgehead atoms. The summed E-state index contributed by atoms with van der Waals surface area (Å²) in [4.78, 5) is 55.6. The van der Waals surface area contributed by atoms with Crippen molar-refractivity contribution in [3.8, 4) is 22.2 Å². The molecule has 3 fully saturated rings. The van der Waals surface area contributed by atoms with Crippen molar-refractivity contribution >= 4 is 49.9 Å². The smallest absolute Gasteiger partial charge is 0.240 e. The fraction of sp³-hybridized carbons (Fsp3) is 0.511. The molecular formula is C47H56N4O7S2. The molecule has 2 aliphatic heterocycles. The molecule has 0 spiro atoms. The summed E-state index contributed by atoms with van der Waals surface area (Å²) in [5, 5.41) is 3.58. The van der Waals surface area contributed by atoms with Gasteiger partial charge < -0.3 is 14.4 Å². The number of ketones is 1. The van der Waals surface area contributed by atoms with E-state index in [1.54, 1.807) is 18.9 Å². The number of amides is 2. The zero-order chi connectivity index (χ0) is 42.4. The summed E-state index contributed by atoms with van der Waals surface area (Å²) in [6.45, 7) is 7.99. The van der Waals surface area contributed by atoms with E-state index in [4.69, 9.17) is 19.4 Å². The Morgan fingerprint density at radius 2 is 1.83 bits per heavy atom. The molecule has 4 aliphatic rings. The standard InChI is InChI=1S/C47H56N4O7S2/c1-29(2)37-28-59-43(49-37)36-24-41(35-18-19-40(57-5)30(3)42(35)48-36)58-34-23-38-39(52)26-47(45(54)50-60(55,56)46(4)20-21-46)25-33(47)17-13-8-6-7-12-16-32(44(53)51(38)27-34)22-31-14-10-9-11-15-31/h9-11,13-15,17-19,24,28-29,32-34,38H,6-8,12,16,20-23,25-27H2,1-5H3,(H,50,54)/b17-13-/t32-,33+,34-,38+,47-/m1/s1. The average molecular weight is 853 g/mol. The van der Waals surface area contributed by atoms with Gasteiger partial charge in [-0.05, 0) is 88.3 Å². The summed E-state index contributed by atoms with van der Waals surface area (Å²) in [6, 6.07) is 14.8. The number of ether oxygens (including phenoxy) is 2. The lowest BCUT2D eigenvalue weighted by atomic mass is 9.90. The summed E-state index contributed by atoms with van der Waals surface area (Å²) >= 11 is 1.52. The van der Waals surface area contributed by atoms with Crippen molar-refractivity contribution < 1.29 is 32.3 Å². The van der Waals surface area contributed by atoms with E-state index in [1.807, 2.05) is 66.9 Å². The van der Waals surface area contributed by atoms with E-state index in [0.29, 0.717) is 54.8 Å². The predicted molar refractivity (Wildman–Crippen MR) is 233 cm³/mol. The number of benzene rings is 2. The zero-order valence-electron chi connectivity index (χ0n) is 35.2. The highest BCUT2D eigenvalue weighted by molar-refractivity contribution is 7.91. The number of pyridine rings is 1. The fourth-order valence-corrected chi connectivity index (χ4v) is 11.2.